The highest BCUT2D eigenvalue weighted by molar-refractivity contribution is 7.88. The first-order chi connectivity index (χ1) is 5.55. The van der Waals surface area contributed by atoms with Crippen molar-refractivity contribution < 1.29 is 8.42 Å². The zero-order valence-electron chi connectivity index (χ0n) is 7.36. The third kappa shape index (κ3) is 2.18. The van der Waals surface area contributed by atoms with Crippen LogP contribution >= 0.6 is 0 Å². The van der Waals surface area contributed by atoms with Gasteiger partial charge in [-0.3, -0.25) is 0 Å². The molecule has 0 saturated carbocycles. The molecule has 0 radical (unpaired) electrons. The molecule has 2 N–H and O–H groups in total. The number of nitrogens with two attached hydrogens (primary N) is 1. The van der Waals surface area contributed by atoms with Gasteiger partial charge in [0, 0.05) is 19.1 Å². The summed E-state index contributed by atoms with van der Waals surface area (Å²) < 4.78 is 24.0. The van der Waals surface area contributed by atoms with Crippen LogP contribution in [-0.2, 0) is 10.0 Å². The molecule has 5 heteroatoms. The van der Waals surface area contributed by atoms with E-state index in [-0.39, 0.29) is 6.04 Å². The van der Waals surface area contributed by atoms with Gasteiger partial charge in [-0.15, -0.1) is 0 Å². The highest BCUT2D eigenvalue weighted by Gasteiger charge is 2.27. The minimum Gasteiger partial charge on any atom is -0.329 e. The molecule has 1 rings (SSSR count). The van der Waals surface area contributed by atoms with Gasteiger partial charge >= 0.3 is 0 Å². The fourth-order valence-electron chi connectivity index (χ4n) is 1.65. The Hall–Kier alpha value is -0.130. The van der Waals surface area contributed by atoms with Gasteiger partial charge in [0.15, 0.2) is 0 Å². The summed E-state index contributed by atoms with van der Waals surface area (Å²) in [6.45, 7) is 1.08. The molecule has 1 saturated heterocycles. The maximum atomic E-state index is 11.2. The van der Waals surface area contributed by atoms with Crippen LogP contribution in [-0.4, -0.2) is 38.1 Å². The first-order valence-corrected chi connectivity index (χ1v) is 6.07. The molecule has 0 amide bonds. The number of nitrogens with zero attached hydrogens (tertiary/aromatic N) is 1. The van der Waals surface area contributed by atoms with E-state index in [1.54, 1.807) is 0 Å². The lowest BCUT2D eigenvalue weighted by Crippen LogP contribution is -2.46. The fraction of sp³-hybridized carbons (Fsp3) is 1.00. The molecule has 0 aromatic heterocycles. The number of rotatable bonds is 2. The molecule has 0 bridgehead atoms. The van der Waals surface area contributed by atoms with E-state index in [9.17, 15) is 8.42 Å². The van der Waals surface area contributed by atoms with Crippen LogP contribution < -0.4 is 5.73 Å². The maximum Gasteiger partial charge on any atom is 0.211 e. The Morgan fingerprint density at radius 2 is 2.17 bits per heavy atom. The van der Waals surface area contributed by atoms with Crippen molar-refractivity contribution in [3.8, 4) is 0 Å². The lowest BCUT2D eigenvalue weighted by Gasteiger charge is -2.32. The molecule has 4 nitrogen and oxygen atoms in total. The number of sulfonamides is 1. The SMILES string of the molecule is CS(=O)(=O)N1CCCC[C@H]1CN. The predicted molar refractivity (Wildman–Crippen MR) is 48.2 cm³/mol. The molecule has 1 fully saturated rings. The summed E-state index contributed by atoms with van der Waals surface area (Å²) in [6, 6.07) is 0.0359. The zero-order valence-corrected chi connectivity index (χ0v) is 8.18. The van der Waals surface area contributed by atoms with Gasteiger partial charge in [-0.2, -0.15) is 4.31 Å². The molecule has 0 aliphatic carbocycles. The Labute approximate surface area is 73.8 Å². The van der Waals surface area contributed by atoms with Crippen LogP contribution in [0.4, 0.5) is 0 Å². The highest BCUT2D eigenvalue weighted by Crippen LogP contribution is 2.18. The van der Waals surface area contributed by atoms with Crippen LogP contribution in [0, 0.1) is 0 Å². The van der Waals surface area contributed by atoms with E-state index in [1.165, 1.54) is 10.6 Å². The first kappa shape index (κ1) is 9.95. The van der Waals surface area contributed by atoms with Crippen molar-refractivity contribution in [3.63, 3.8) is 0 Å². The van der Waals surface area contributed by atoms with E-state index < -0.39 is 10.0 Å². The molecule has 12 heavy (non-hydrogen) atoms. The second-order valence-corrected chi connectivity index (χ2v) is 5.19. The third-order valence-electron chi connectivity index (χ3n) is 2.27. The lowest BCUT2D eigenvalue weighted by atomic mass is 10.1. The zero-order chi connectivity index (χ0) is 9.19. The first-order valence-electron chi connectivity index (χ1n) is 4.22. The summed E-state index contributed by atoms with van der Waals surface area (Å²) in [4.78, 5) is 0. The van der Waals surface area contributed by atoms with Gasteiger partial charge in [-0.05, 0) is 12.8 Å². The van der Waals surface area contributed by atoms with Crippen molar-refractivity contribution in [1.29, 1.82) is 0 Å². The molecular weight excluding hydrogens is 176 g/mol. The van der Waals surface area contributed by atoms with E-state index in [4.69, 9.17) is 5.73 Å². The van der Waals surface area contributed by atoms with Gasteiger partial charge in [0.2, 0.25) is 10.0 Å². The molecule has 72 valence electrons. The Bertz CT molecular complexity index is 238. The molecule has 1 aliphatic rings. The summed E-state index contributed by atoms with van der Waals surface area (Å²) in [6.07, 6.45) is 4.21. The number of hydrogen-bond acceptors (Lipinski definition) is 3. The van der Waals surface area contributed by atoms with Crippen LogP contribution in [0.5, 0.6) is 0 Å². The van der Waals surface area contributed by atoms with Gasteiger partial charge in [0.1, 0.15) is 0 Å². The number of hydrogen-bond donors (Lipinski definition) is 1. The summed E-state index contributed by atoms with van der Waals surface area (Å²) in [5, 5.41) is 0. The quantitative estimate of drug-likeness (QED) is 0.656. The summed E-state index contributed by atoms with van der Waals surface area (Å²) >= 11 is 0. The summed E-state index contributed by atoms with van der Waals surface area (Å²) in [5.41, 5.74) is 5.48. The summed E-state index contributed by atoms with van der Waals surface area (Å²) in [5.74, 6) is 0. The van der Waals surface area contributed by atoms with Gasteiger partial charge in [-0.25, -0.2) is 8.42 Å². The molecule has 0 aromatic rings. The van der Waals surface area contributed by atoms with Crippen LogP contribution in [0.1, 0.15) is 19.3 Å². The van der Waals surface area contributed by atoms with Crippen LogP contribution in [0.3, 0.4) is 0 Å². The van der Waals surface area contributed by atoms with Crippen molar-refractivity contribution in [3.05, 3.63) is 0 Å². The third-order valence-corrected chi connectivity index (χ3v) is 3.60. The maximum absolute atomic E-state index is 11.2. The fourth-order valence-corrected chi connectivity index (χ4v) is 2.84. The minimum atomic E-state index is -3.03. The highest BCUT2D eigenvalue weighted by atomic mass is 32.2. The van der Waals surface area contributed by atoms with Gasteiger partial charge < -0.3 is 5.73 Å². The Kier molecular flexibility index (Phi) is 3.09. The van der Waals surface area contributed by atoms with E-state index >= 15 is 0 Å². The summed E-state index contributed by atoms with van der Waals surface area (Å²) in [7, 11) is -3.03. The molecule has 0 aromatic carbocycles. The van der Waals surface area contributed by atoms with E-state index in [2.05, 4.69) is 0 Å². The molecule has 1 atom stereocenters. The molecule has 1 aliphatic heterocycles. The lowest BCUT2D eigenvalue weighted by molar-refractivity contribution is 0.259. The van der Waals surface area contributed by atoms with Gasteiger partial charge in [-0.1, -0.05) is 6.42 Å². The minimum absolute atomic E-state index is 0.0359. The van der Waals surface area contributed by atoms with Crippen LogP contribution in [0.25, 0.3) is 0 Å². The number of piperidine rings is 1. The standard InChI is InChI=1S/C7H16N2O2S/c1-12(10,11)9-5-3-2-4-7(9)6-8/h7H,2-6,8H2,1H3/t7-/m0/s1. The Morgan fingerprint density at radius 1 is 1.50 bits per heavy atom. The smallest absolute Gasteiger partial charge is 0.211 e. The molecular formula is C7H16N2O2S. The predicted octanol–water partition coefficient (Wildman–Crippen LogP) is -0.241. The Morgan fingerprint density at radius 3 is 2.58 bits per heavy atom. The van der Waals surface area contributed by atoms with Crippen molar-refractivity contribution >= 4 is 10.0 Å². The average Bonchev–Trinajstić information content (AvgIpc) is 2.03. The normalized spacial score (nSPS) is 27.3. The van der Waals surface area contributed by atoms with E-state index in [1.807, 2.05) is 0 Å². The monoisotopic (exact) mass is 192 g/mol. The van der Waals surface area contributed by atoms with Crippen LogP contribution in [0.15, 0.2) is 0 Å². The van der Waals surface area contributed by atoms with E-state index in [0.717, 1.165) is 19.3 Å². The second-order valence-electron chi connectivity index (χ2n) is 3.26. The van der Waals surface area contributed by atoms with E-state index in [0.29, 0.717) is 13.1 Å². The molecule has 0 spiro atoms. The van der Waals surface area contributed by atoms with Crippen LogP contribution in [0.2, 0.25) is 0 Å². The van der Waals surface area contributed by atoms with Crippen molar-refractivity contribution in [1.82, 2.24) is 4.31 Å². The van der Waals surface area contributed by atoms with Crippen molar-refractivity contribution in [2.45, 2.75) is 25.3 Å². The second kappa shape index (κ2) is 3.72. The van der Waals surface area contributed by atoms with Gasteiger partial charge in [0.05, 0.1) is 6.26 Å². The Balaban J connectivity index is 2.72. The van der Waals surface area contributed by atoms with Crippen molar-refractivity contribution in [2.24, 2.45) is 5.73 Å². The van der Waals surface area contributed by atoms with Crippen molar-refractivity contribution in [2.75, 3.05) is 19.3 Å². The van der Waals surface area contributed by atoms with Gasteiger partial charge in [0.25, 0.3) is 0 Å². The average molecular weight is 192 g/mol. The molecule has 0 unspecified atom stereocenters. The topological polar surface area (TPSA) is 63.4 Å². The molecule has 1 heterocycles. The largest absolute Gasteiger partial charge is 0.329 e.